The zero-order chi connectivity index (χ0) is 12.0. The molecule has 0 aliphatic carbocycles. The topological polar surface area (TPSA) is 108 Å². The Morgan fingerprint density at radius 1 is 1.39 bits per heavy atom. The summed E-state index contributed by atoms with van der Waals surface area (Å²) in [5.41, 5.74) is 5.62. The molecular weight excluding hydrogens is 279 g/mol. The van der Waals surface area contributed by atoms with Gasteiger partial charge in [-0.25, -0.2) is 0 Å². The van der Waals surface area contributed by atoms with E-state index in [1.54, 1.807) is 0 Å². The summed E-state index contributed by atoms with van der Waals surface area (Å²) in [6.07, 6.45) is 2.44. The molecule has 0 aromatic heterocycles. The summed E-state index contributed by atoms with van der Waals surface area (Å²) < 4.78 is 21.1. The Morgan fingerprint density at radius 2 is 2.06 bits per heavy atom. The number of hydrogen-bond acceptors (Lipinski definition) is 6. The fraction of sp³-hybridized carbons (Fsp3) is 1.00. The standard InChI is InChI=1S/C9H20NO5P.2Na/c10-8(4-6-16(11,12)13)7-15-9-3-1-2-5-14-9;;/h8-9H,1-7,10H2,(H2,11,12,13);;/q;2*+1/p-2. The van der Waals surface area contributed by atoms with Gasteiger partial charge in [-0.3, -0.25) is 0 Å². The van der Waals surface area contributed by atoms with Crippen LogP contribution >= 0.6 is 7.60 Å². The van der Waals surface area contributed by atoms with Gasteiger partial charge in [-0.2, -0.15) is 0 Å². The molecular formula is C9H18NNa2O5P. The molecule has 0 amide bonds. The third-order valence-electron chi connectivity index (χ3n) is 2.41. The molecule has 1 rings (SSSR count). The quantitative estimate of drug-likeness (QED) is 0.386. The third kappa shape index (κ3) is 11.8. The molecule has 6 nitrogen and oxygen atoms in total. The van der Waals surface area contributed by atoms with Crippen LogP contribution in [-0.4, -0.2) is 31.7 Å². The fourth-order valence-corrected chi connectivity index (χ4v) is 2.13. The van der Waals surface area contributed by atoms with Crippen LogP contribution in [0.4, 0.5) is 0 Å². The molecule has 0 saturated carbocycles. The van der Waals surface area contributed by atoms with Crippen molar-refractivity contribution in [3.63, 3.8) is 0 Å². The van der Waals surface area contributed by atoms with Crippen LogP contribution in [-0.2, 0) is 14.0 Å². The monoisotopic (exact) mass is 297 g/mol. The summed E-state index contributed by atoms with van der Waals surface area (Å²) in [6, 6.07) is -0.429. The predicted octanol–water partition coefficient (Wildman–Crippen LogP) is -6.83. The fourth-order valence-electron chi connectivity index (χ4n) is 1.48. The van der Waals surface area contributed by atoms with Crippen molar-refractivity contribution >= 4 is 7.60 Å². The van der Waals surface area contributed by atoms with E-state index in [4.69, 9.17) is 15.2 Å². The minimum absolute atomic E-state index is 0. The number of rotatable bonds is 6. The van der Waals surface area contributed by atoms with Gasteiger partial charge in [-0.1, -0.05) is 7.60 Å². The summed E-state index contributed by atoms with van der Waals surface area (Å²) in [4.78, 5) is 20.8. The van der Waals surface area contributed by atoms with Gasteiger partial charge in [0.15, 0.2) is 6.29 Å². The van der Waals surface area contributed by atoms with Crippen molar-refractivity contribution in [2.45, 2.75) is 38.0 Å². The van der Waals surface area contributed by atoms with E-state index >= 15 is 0 Å². The molecule has 1 fully saturated rings. The zero-order valence-corrected chi connectivity index (χ0v) is 16.1. The van der Waals surface area contributed by atoms with Crippen LogP contribution in [0.3, 0.4) is 0 Å². The smallest absolute Gasteiger partial charge is 0.811 e. The van der Waals surface area contributed by atoms with Gasteiger partial charge in [0.2, 0.25) is 0 Å². The first kappa shape index (κ1) is 22.3. The van der Waals surface area contributed by atoms with E-state index in [9.17, 15) is 14.4 Å². The van der Waals surface area contributed by atoms with Crippen molar-refractivity contribution in [1.82, 2.24) is 0 Å². The van der Waals surface area contributed by atoms with Crippen molar-refractivity contribution in [3.05, 3.63) is 0 Å². The van der Waals surface area contributed by atoms with Crippen molar-refractivity contribution in [2.24, 2.45) is 5.73 Å². The molecule has 0 bridgehead atoms. The van der Waals surface area contributed by atoms with E-state index in [2.05, 4.69) is 0 Å². The molecule has 1 heterocycles. The molecule has 2 N–H and O–H groups in total. The van der Waals surface area contributed by atoms with Crippen LogP contribution in [0.15, 0.2) is 0 Å². The Bertz CT molecular complexity index is 247. The van der Waals surface area contributed by atoms with E-state index in [-0.39, 0.29) is 78.4 Å². The van der Waals surface area contributed by atoms with Crippen LogP contribution in [0.2, 0.25) is 0 Å². The summed E-state index contributed by atoms with van der Waals surface area (Å²) in [6.45, 7) is 0.918. The maximum absolute atomic E-state index is 10.4. The Balaban J connectivity index is 0. The molecule has 0 radical (unpaired) electrons. The first-order chi connectivity index (χ1) is 7.47. The van der Waals surface area contributed by atoms with Gasteiger partial charge < -0.3 is 29.6 Å². The molecule has 2 unspecified atom stereocenters. The van der Waals surface area contributed by atoms with Crippen molar-refractivity contribution in [1.29, 1.82) is 0 Å². The number of nitrogens with two attached hydrogens (primary N) is 1. The minimum atomic E-state index is -4.44. The second kappa shape index (κ2) is 11.7. The van der Waals surface area contributed by atoms with Crippen molar-refractivity contribution in [3.8, 4) is 0 Å². The summed E-state index contributed by atoms with van der Waals surface area (Å²) in [5.74, 6) is 0. The molecule has 18 heavy (non-hydrogen) atoms. The van der Waals surface area contributed by atoms with Crippen molar-refractivity contribution < 1.29 is 82.9 Å². The normalized spacial score (nSPS) is 21.6. The Labute approximate surface area is 152 Å². The largest absolute Gasteiger partial charge is 1.00 e. The van der Waals surface area contributed by atoms with E-state index < -0.39 is 19.8 Å². The van der Waals surface area contributed by atoms with Gasteiger partial charge in [-0.15, -0.1) is 0 Å². The molecule has 2 atom stereocenters. The van der Waals surface area contributed by atoms with Crippen LogP contribution in [0.5, 0.6) is 0 Å². The second-order valence-corrected chi connectivity index (χ2v) is 5.68. The van der Waals surface area contributed by atoms with Gasteiger partial charge in [-0.05, 0) is 31.8 Å². The molecule has 96 valence electrons. The average Bonchev–Trinajstić information content (AvgIpc) is 2.24. The maximum atomic E-state index is 10.4. The van der Waals surface area contributed by atoms with Crippen LogP contribution < -0.4 is 74.6 Å². The van der Waals surface area contributed by atoms with E-state index in [1.807, 2.05) is 0 Å². The SMILES string of the molecule is NC(CCP(=O)([O-])[O-])COC1CCCCO1.[Na+].[Na+]. The summed E-state index contributed by atoms with van der Waals surface area (Å²) in [7, 11) is -4.44. The van der Waals surface area contributed by atoms with Crippen LogP contribution in [0.1, 0.15) is 25.7 Å². The zero-order valence-electron chi connectivity index (χ0n) is 11.2. The number of ether oxygens (including phenoxy) is 2. The van der Waals surface area contributed by atoms with Gasteiger partial charge in [0, 0.05) is 12.6 Å². The molecule has 0 spiro atoms. The second-order valence-electron chi connectivity index (χ2n) is 4.01. The average molecular weight is 297 g/mol. The molecule has 1 saturated heterocycles. The predicted molar refractivity (Wildman–Crippen MR) is 54.6 cm³/mol. The van der Waals surface area contributed by atoms with E-state index in [1.165, 1.54) is 0 Å². The van der Waals surface area contributed by atoms with Gasteiger partial charge >= 0.3 is 59.1 Å². The Hall–Kier alpha value is 2.03. The molecule has 9 heteroatoms. The third-order valence-corrected chi connectivity index (χ3v) is 3.21. The summed E-state index contributed by atoms with van der Waals surface area (Å²) >= 11 is 0. The molecule has 1 aliphatic heterocycles. The minimum Gasteiger partial charge on any atom is -0.811 e. The maximum Gasteiger partial charge on any atom is 1.00 e. The Morgan fingerprint density at radius 3 is 2.56 bits per heavy atom. The van der Waals surface area contributed by atoms with E-state index in [0.717, 1.165) is 19.3 Å². The van der Waals surface area contributed by atoms with Gasteiger partial charge in [0.25, 0.3) is 0 Å². The molecule has 0 aromatic carbocycles. The van der Waals surface area contributed by atoms with Gasteiger partial charge in [0.05, 0.1) is 6.61 Å². The van der Waals surface area contributed by atoms with Crippen LogP contribution in [0, 0.1) is 0 Å². The van der Waals surface area contributed by atoms with E-state index in [0.29, 0.717) is 6.61 Å². The van der Waals surface area contributed by atoms with Crippen LogP contribution in [0.25, 0.3) is 0 Å². The van der Waals surface area contributed by atoms with Gasteiger partial charge in [0.1, 0.15) is 0 Å². The first-order valence-corrected chi connectivity index (χ1v) is 7.20. The van der Waals surface area contributed by atoms with Crippen molar-refractivity contribution in [2.75, 3.05) is 19.4 Å². The number of hydrogen-bond donors (Lipinski definition) is 1. The Kier molecular flexibility index (Phi) is 14.5. The summed E-state index contributed by atoms with van der Waals surface area (Å²) in [5, 5.41) is 0. The molecule has 0 aromatic rings. The molecule has 1 aliphatic rings. The first-order valence-electron chi connectivity index (χ1n) is 5.47.